The van der Waals surface area contributed by atoms with E-state index in [0.717, 1.165) is 16.3 Å². The molecule has 4 aromatic heterocycles. The number of rotatable bonds is 0. The maximum absolute atomic E-state index is 3.98. The molecule has 0 fully saturated rings. The minimum atomic E-state index is 1.07. The second-order valence-corrected chi connectivity index (χ2v) is 6.57. The molecule has 4 aromatic rings. The number of aryl methyl sites for hydroxylation is 4. The number of hydrogen-bond donors (Lipinski definition) is 0. The van der Waals surface area contributed by atoms with Gasteiger partial charge in [0.2, 0.25) is 0 Å². The lowest BCUT2D eigenvalue weighted by molar-refractivity contribution is 1.13. The van der Waals surface area contributed by atoms with Crippen molar-refractivity contribution in [2.24, 2.45) is 0 Å². The van der Waals surface area contributed by atoms with Crippen LogP contribution in [0.5, 0.6) is 0 Å². The molecular weight excluding hydrogens is 450 g/mol. The molecule has 0 aliphatic carbocycles. The highest BCUT2D eigenvalue weighted by molar-refractivity contribution is 7.09. The number of pyridine rings is 2. The maximum atomic E-state index is 3.98. The smallest absolute Gasteiger partial charge is 0.115 e. The van der Waals surface area contributed by atoms with E-state index in [1.54, 1.807) is 42.3 Å². The van der Waals surface area contributed by atoms with E-state index in [4.69, 9.17) is 0 Å². The quantitative estimate of drug-likeness (QED) is 0.241. The summed E-state index contributed by atoms with van der Waals surface area (Å²) in [6, 6.07) is 9.80. The Hall–Kier alpha value is -2.99. The summed E-state index contributed by atoms with van der Waals surface area (Å²) >= 11 is 1.67. The summed E-state index contributed by atoms with van der Waals surface area (Å²) in [5.41, 5.74) is 3.38. The van der Waals surface area contributed by atoms with Gasteiger partial charge in [0.1, 0.15) is 6.33 Å². The van der Waals surface area contributed by atoms with Gasteiger partial charge in [0.05, 0.1) is 5.01 Å². The van der Waals surface area contributed by atoms with Gasteiger partial charge in [-0.25, -0.2) is 9.97 Å². The largest absolute Gasteiger partial charge is 0.264 e. The van der Waals surface area contributed by atoms with Crippen LogP contribution in [0.4, 0.5) is 0 Å². The van der Waals surface area contributed by atoms with Crippen molar-refractivity contribution in [3.05, 3.63) is 101 Å². The second-order valence-electron chi connectivity index (χ2n) is 5.47. The molecule has 196 valence electrons. The monoisotopic (exact) mass is 499 g/mol. The number of hydrogen-bond acceptors (Lipinski definition) is 6. The van der Waals surface area contributed by atoms with Gasteiger partial charge in [-0.15, -0.1) is 11.3 Å². The van der Waals surface area contributed by atoms with E-state index in [1.165, 1.54) is 11.9 Å². The zero-order valence-electron chi connectivity index (χ0n) is 24.1. The lowest BCUT2D eigenvalue weighted by atomic mass is 10.3. The average molecular weight is 500 g/mol. The van der Waals surface area contributed by atoms with Gasteiger partial charge in [0.25, 0.3) is 0 Å². The topological polar surface area (TPSA) is 64.5 Å². The van der Waals surface area contributed by atoms with Crippen LogP contribution in [0.3, 0.4) is 0 Å². The molecule has 5 nitrogen and oxygen atoms in total. The van der Waals surface area contributed by atoms with Crippen molar-refractivity contribution in [2.75, 3.05) is 0 Å². The fourth-order valence-corrected chi connectivity index (χ4v) is 2.01. The van der Waals surface area contributed by atoms with Crippen molar-refractivity contribution in [1.29, 1.82) is 0 Å². The Kier molecular flexibility index (Phi) is 39.9. The molecule has 0 aromatic carbocycles. The van der Waals surface area contributed by atoms with E-state index in [0.29, 0.717) is 0 Å². The Morgan fingerprint density at radius 2 is 1.11 bits per heavy atom. The molecule has 0 atom stereocenters. The van der Waals surface area contributed by atoms with Crippen molar-refractivity contribution in [3.8, 4) is 0 Å². The van der Waals surface area contributed by atoms with Crippen LogP contribution in [-0.2, 0) is 0 Å². The molecule has 0 aliphatic heterocycles. The molecule has 0 aliphatic rings. The molecule has 0 saturated carbocycles. The van der Waals surface area contributed by atoms with E-state index in [-0.39, 0.29) is 0 Å². The van der Waals surface area contributed by atoms with Crippen molar-refractivity contribution >= 4 is 11.3 Å². The van der Waals surface area contributed by atoms with Gasteiger partial charge in [0.15, 0.2) is 0 Å². The molecule has 4 rings (SSSR count). The Morgan fingerprint density at radius 3 is 1.31 bits per heavy atom. The molecule has 0 N–H and O–H groups in total. The maximum Gasteiger partial charge on any atom is 0.115 e. The van der Waals surface area contributed by atoms with Crippen LogP contribution in [0.2, 0.25) is 0 Å². The van der Waals surface area contributed by atoms with Crippen molar-refractivity contribution < 1.29 is 0 Å². The van der Waals surface area contributed by atoms with Crippen LogP contribution in [0.25, 0.3) is 0 Å². The molecule has 0 radical (unpaired) electrons. The number of aromatic nitrogens is 5. The Morgan fingerprint density at radius 1 is 0.543 bits per heavy atom. The molecular formula is C29H49N5S. The first-order valence-corrected chi connectivity index (χ1v) is 13.3. The normalized spacial score (nSPS) is 7.43. The van der Waals surface area contributed by atoms with Gasteiger partial charge in [-0.1, -0.05) is 67.5 Å². The summed E-state index contributed by atoms with van der Waals surface area (Å²) in [5, 5.41) is 3.10. The molecule has 4 heterocycles. The van der Waals surface area contributed by atoms with E-state index < -0.39 is 0 Å². The average Bonchev–Trinajstić information content (AvgIpc) is 3.42. The number of nitrogens with zero attached hydrogens (tertiary/aromatic N) is 5. The highest BCUT2D eigenvalue weighted by Gasteiger charge is 1.76. The van der Waals surface area contributed by atoms with Crippen LogP contribution in [0, 0.1) is 27.7 Å². The highest BCUT2D eigenvalue weighted by atomic mass is 32.1. The van der Waals surface area contributed by atoms with Crippen LogP contribution >= 0.6 is 11.3 Å². The molecule has 35 heavy (non-hydrogen) atoms. The third-order valence-corrected chi connectivity index (χ3v) is 3.57. The van der Waals surface area contributed by atoms with E-state index >= 15 is 0 Å². The summed E-state index contributed by atoms with van der Waals surface area (Å²) in [6.07, 6.45) is 12.3. The summed E-state index contributed by atoms with van der Waals surface area (Å²) < 4.78 is 0. The standard InChI is InChI=1S/2C6H7N.C5H6N2.C4H5NS.4C2H6/c1-6-3-2-4-7-5-6;1-6-4-2-3-5-7-6;1-5-2-6-4-7-3-5;1-4-5-2-3-6-4;4*1-2/h2*2-5H,1H3;2-4H,1H3;2-3H,1H3;4*1-2H3. The van der Waals surface area contributed by atoms with Crippen LogP contribution in [0.1, 0.15) is 77.2 Å². The summed E-state index contributed by atoms with van der Waals surface area (Å²) in [4.78, 5) is 19.3. The molecule has 0 amide bonds. The number of thiazole rings is 1. The van der Waals surface area contributed by atoms with Gasteiger partial charge in [-0.3, -0.25) is 15.0 Å². The summed E-state index contributed by atoms with van der Waals surface area (Å²) in [5.74, 6) is 0. The highest BCUT2D eigenvalue weighted by Crippen LogP contribution is 1.98. The molecule has 0 bridgehead atoms. The van der Waals surface area contributed by atoms with Gasteiger partial charge >= 0.3 is 0 Å². The van der Waals surface area contributed by atoms with Gasteiger partial charge in [-0.2, -0.15) is 0 Å². The van der Waals surface area contributed by atoms with E-state index in [2.05, 4.69) is 24.9 Å². The van der Waals surface area contributed by atoms with E-state index in [1.807, 2.05) is 125 Å². The SMILES string of the molecule is CC.CC.CC.CC.Cc1ccccn1.Cc1cccnc1.Cc1cncnc1.Cc1nccs1. The first-order valence-electron chi connectivity index (χ1n) is 12.4. The predicted octanol–water partition coefficient (Wildman–Crippen LogP) is 9.12. The van der Waals surface area contributed by atoms with Crippen molar-refractivity contribution in [2.45, 2.75) is 83.1 Å². The molecule has 0 saturated heterocycles. The van der Waals surface area contributed by atoms with Crippen LogP contribution < -0.4 is 0 Å². The first-order chi connectivity index (χ1) is 17.1. The fourth-order valence-electron chi connectivity index (χ4n) is 1.56. The lowest BCUT2D eigenvalue weighted by Crippen LogP contribution is -1.75. The minimum Gasteiger partial charge on any atom is -0.264 e. The summed E-state index contributed by atoms with van der Waals surface area (Å²) in [6.45, 7) is 23.9. The third kappa shape index (κ3) is 33.3. The Bertz CT molecular complexity index is 720. The van der Waals surface area contributed by atoms with Gasteiger partial charge < -0.3 is 0 Å². The predicted molar refractivity (Wildman–Crippen MR) is 157 cm³/mol. The van der Waals surface area contributed by atoms with Gasteiger partial charge in [-0.05, 0) is 57.0 Å². The zero-order chi connectivity index (χ0) is 27.7. The van der Waals surface area contributed by atoms with Crippen molar-refractivity contribution in [1.82, 2.24) is 24.9 Å². The molecule has 0 spiro atoms. The minimum absolute atomic E-state index is 1.07. The first kappa shape index (κ1) is 39.2. The van der Waals surface area contributed by atoms with Gasteiger partial charge in [0, 0.05) is 48.3 Å². The Balaban J connectivity index is -0.000000167. The lowest BCUT2D eigenvalue weighted by Gasteiger charge is -1.82. The van der Waals surface area contributed by atoms with Crippen LogP contribution in [-0.4, -0.2) is 24.9 Å². The summed E-state index contributed by atoms with van der Waals surface area (Å²) in [7, 11) is 0. The third-order valence-electron chi connectivity index (χ3n) is 2.87. The molecule has 0 unspecified atom stereocenters. The van der Waals surface area contributed by atoms with Crippen LogP contribution in [0.15, 0.2) is 79.2 Å². The zero-order valence-corrected chi connectivity index (χ0v) is 25.0. The molecule has 6 heteroatoms. The fraction of sp³-hybridized carbons (Fsp3) is 0.414. The van der Waals surface area contributed by atoms with Crippen molar-refractivity contribution in [3.63, 3.8) is 0 Å². The second kappa shape index (κ2) is 35.6. The Labute approximate surface area is 220 Å². The van der Waals surface area contributed by atoms with E-state index in [9.17, 15) is 0 Å².